The lowest BCUT2D eigenvalue weighted by atomic mass is 9.94. The van der Waals surface area contributed by atoms with Crippen LogP contribution in [0.4, 0.5) is 0 Å². The first-order valence-corrected chi connectivity index (χ1v) is 7.09. The third-order valence-corrected chi connectivity index (χ3v) is 4.83. The molecule has 0 saturated carbocycles. The average molecular weight is 339 g/mol. The molecule has 0 unspecified atom stereocenters. The number of aryl methyl sites for hydroxylation is 2. The largest absolute Gasteiger partial charge is 0.358 e. The first-order chi connectivity index (χ1) is 8.18. The van der Waals surface area contributed by atoms with Crippen LogP contribution in [0.2, 0.25) is 0 Å². The highest BCUT2D eigenvalue weighted by atomic mass is 127. The van der Waals surface area contributed by atoms with E-state index in [9.17, 15) is 4.79 Å². The van der Waals surface area contributed by atoms with Gasteiger partial charge in [-0.1, -0.05) is 0 Å². The van der Waals surface area contributed by atoms with Crippen LogP contribution in [0, 0.1) is 10.5 Å². The van der Waals surface area contributed by atoms with Gasteiger partial charge in [0.2, 0.25) is 0 Å². The average Bonchev–Trinajstić information content (AvgIpc) is 2.35. The first-order valence-electron chi connectivity index (χ1n) is 6.01. The van der Waals surface area contributed by atoms with Gasteiger partial charge >= 0.3 is 0 Å². The van der Waals surface area contributed by atoms with Crippen LogP contribution in [-0.2, 0) is 12.8 Å². The zero-order valence-electron chi connectivity index (χ0n) is 9.77. The van der Waals surface area contributed by atoms with E-state index < -0.39 is 0 Å². The Morgan fingerprint density at radius 3 is 2.82 bits per heavy atom. The van der Waals surface area contributed by atoms with Gasteiger partial charge in [0.25, 0.3) is 0 Å². The van der Waals surface area contributed by atoms with Crippen LogP contribution < -0.4 is 5.43 Å². The second-order valence-corrected chi connectivity index (χ2v) is 5.88. The molecule has 88 valence electrons. The quantitative estimate of drug-likeness (QED) is 0.734. The fourth-order valence-electron chi connectivity index (χ4n) is 2.64. The summed E-state index contributed by atoms with van der Waals surface area (Å²) in [5.74, 6) is 0. The number of aromatic amines is 1. The van der Waals surface area contributed by atoms with Crippen molar-refractivity contribution in [2.24, 2.45) is 0 Å². The number of halogens is 1. The van der Waals surface area contributed by atoms with Gasteiger partial charge in [-0.2, -0.15) is 0 Å². The van der Waals surface area contributed by atoms with E-state index in [4.69, 9.17) is 0 Å². The van der Waals surface area contributed by atoms with Crippen molar-refractivity contribution < 1.29 is 0 Å². The van der Waals surface area contributed by atoms with Crippen molar-refractivity contribution in [1.82, 2.24) is 4.98 Å². The zero-order valence-corrected chi connectivity index (χ0v) is 11.9. The molecular formula is C14H14INO. The SMILES string of the molecule is Cc1c(I)ccc2c(=O)c3c([nH]c12)CCCC3. The molecule has 1 aromatic carbocycles. The summed E-state index contributed by atoms with van der Waals surface area (Å²) < 4.78 is 1.21. The lowest BCUT2D eigenvalue weighted by molar-refractivity contribution is 0.667. The van der Waals surface area contributed by atoms with E-state index in [1.165, 1.54) is 21.2 Å². The molecule has 1 aromatic heterocycles. The summed E-state index contributed by atoms with van der Waals surface area (Å²) >= 11 is 2.32. The van der Waals surface area contributed by atoms with Gasteiger partial charge in [0.15, 0.2) is 5.43 Å². The standard InChI is InChI=1S/C14H14INO/c1-8-11(15)7-6-10-13(8)16-12-5-3-2-4-9(12)14(10)17/h6-7H,2-5H2,1H3,(H,16,17). The van der Waals surface area contributed by atoms with Crippen molar-refractivity contribution in [2.45, 2.75) is 32.6 Å². The molecule has 3 rings (SSSR count). The number of hydrogen-bond acceptors (Lipinski definition) is 1. The number of H-pyrrole nitrogens is 1. The van der Waals surface area contributed by atoms with Crippen molar-refractivity contribution in [3.05, 3.63) is 42.7 Å². The van der Waals surface area contributed by atoms with E-state index in [1.807, 2.05) is 12.1 Å². The molecule has 0 aliphatic heterocycles. The number of hydrogen-bond donors (Lipinski definition) is 1. The minimum absolute atomic E-state index is 0.243. The maximum absolute atomic E-state index is 12.4. The predicted octanol–water partition coefficient (Wildman–Crippen LogP) is 3.32. The molecule has 0 spiro atoms. The highest BCUT2D eigenvalue weighted by Gasteiger charge is 2.16. The Balaban J connectivity index is 2.44. The minimum Gasteiger partial charge on any atom is -0.358 e. The third kappa shape index (κ3) is 1.71. The summed E-state index contributed by atoms with van der Waals surface area (Å²) in [6.07, 6.45) is 4.29. The molecule has 1 aliphatic carbocycles. The molecule has 0 fully saturated rings. The van der Waals surface area contributed by atoms with Crippen molar-refractivity contribution >= 4 is 33.5 Å². The van der Waals surface area contributed by atoms with Gasteiger partial charge < -0.3 is 4.98 Å². The lowest BCUT2D eigenvalue weighted by Gasteiger charge is -2.17. The Bertz CT molecular complexity index is 657. The van der Waals surface area contributed by atoms with Crippen LogP contribution in [0.5, 0.6) is 0 Å². The molecule has 0 radical (unpaired) electrons. The van der Waals surface area contributed by atoms with E-state index in [0.717, 1.165) is 35.7 Å². The van der Waals surface area contributed by atoms with Gasteiger partial charge in [0.1, 0.15) is 0 Å². The molecule has 0 saturated heterocycles. The van der Waals surface area contributed by atoms with E-state index in [1.54, 1.807) is 0 Å². The van der Waals surface area contributed by atoms with Crippen LogP contribution in [0.3, 0.4) is 0 Å². The summed E-state index contributed by atoms with van der Waals surface area (Å²) in [6, 6.07) is 3.99. The van der Waals surface area contributed by atoms with E-state index in [2.05, 4.69) is 34.5 Å². The molecule has 0 amide bonds. The van der Waals surface area contributed by atoms with E-state index >= 15 is 0 Å². The van der Waals surface area contributed by atoms with Crippen LogP contribution in [0.25, 0.3) is 10.9 Å². The van der Waals surface area contributed by atoms with Crippen molar-refractivity contribution in [1.29, 1.82) is 0 Å². The van der Waals surface area contributed by atoms with E-state index in [-0.39, 0.29) is 5.43 Å². The Labute approximate surface area is 114 Å². The maximum Gasteiger partial charge on any atom is 0.192 e. The van der Waals surface area contributed by atoms with Gasteiger partial charge in [0, 0.05) is 20.2 Å². The number of pyridine rings is 1. The molecular weight excluding hydrogens is 325 g/mol. The molecule has 2 nitrogen and oxygen atoms in total. The molecule has 3 heteroatoms. The summed E-state index contributed by atoms with van der Waals surface area (Å²) in [4.78, 5) is 15.9. The maximum atomic E-state index is 12.4. The van der Waals surface area contributed by atoms with Gasteiger partial charge in [-0.3, -0.25) is 4.79 Å². The van der Waals surface area contributed by atoms with Gasteiger partial charge in [-0.05, 0) is 72.9 Å². The second-order valence-electron chi connectivity index (χ2n) is 4.71. The molecule has 1 N–H and O–H groups in total. The van der Waals surface area contributed by atoms with Crippen molar-refractivity contribution in [2.75, 3.05) is 0 Å². The Morgan fingerprint density at radius 1 is 1.24 bits per heavy atom. The van der Waals surface area contributed by atoms with Crippen LogP contribution in [0.15, 0.2) is 16.9 Å². The van der Waals surface area contributed by atoms with Crippen molar-refractivity contribution in [3.63, 3.8) is 0 Å². The zero-order chi connectivity index (χ0) is 12.0. The number of aromatic nitrogens is 1. The Morgan fingerprint density at radius 2 is 2.00 bits per heavy atom. The molecule has 1 heterocycles. The molecule has 0 atom stereocenters. The lowest BCUT2D eigenvalue weighted by Crippen LogP contribution is -2.18. The minimum atomic E-state index is 0.243. The molecule has 2 aromatic rings. The second kappa shape index (κ2) is 4.12. The predicted molar refractivity (Wildman–Crippen MR) is 78.7 cm³/mol. The topological polar surface area (TPSA) is 32.9 Å². The molecule has 17 heavy (non-hydrogen) atoms. The smallest absolute Gasteiger partial charge is 0.192 e. The summed E-state index contributed by atoms with van der Waals surface area (Å²) in [6.45, 7) is 2.08. The van der Waals surface area contributed by atoms with Gasteiger partial charge in [0.05, 0.1) is 5.52 Å². The summed E-state index contributed by atoms with van der Waals surface area (Å²) in [5, 5.41) is 0.851. The molecule has 0 bridgehead atoms. The first kappa shape index (κ1) is 11.3. The fourth-order valence-corrected chi connectivity index (χ4v) is 3.09. The number of fused-ring (bicyclic) bond motifs is 2. The van der Waals surface area contributed by atoms with Crippen LogP contribution >= 0.6 is 22.6 Å². The highest BCUT2D eigenvalue weighted by molar-refractivity contribution is 14.1. The Hall–Kier alpha value is -0.840. The van der Waals surface area contributed by atoms with Gasteiger partial charge in [-0.15, -0.1) is 0 Å². The third-order valence-electron chi connectivity index (χ3n) is 3.66. The summed E-state index contributed by atoms with van der Waals surface area (Å²) in [7, 11) is 0. The highest BCUT2D eigenvalue weighted by Crippen LogP contribution is 2.24. The van der Waals surface area contributed by atoms with Crippen molar-refractivity contribution in [3.8, 4) is 0 Å². The van der Waals surface area contributed by atoms with Crippen LogP contribution in [0.1, 0.15) is 29.7 Å². The van der Waals surface area contributed by atoms with Gasteiger partial charge in [-0.25, -0.2) is 0 Å². The number of rotatable bonds is 0. The van der Waals surface area contributed by atoms with Crippen LogP contribution in [-0.4, -0.2) is 4.98 Å². The molecule has 1 aliphatic rings. The Kier molecular flexibility index (Phi) is 2.73. The number of benzene rings is 1. The fraction of sp³-hybridized carbons (Fsp3) is 0.357. The normalized spacial score (nSPS) is 14.9. The van der Waals surface area contributed by atoms with E-state index in [0.29, 0.717) is 0 Å². The summed E-state index contributed by atoms with van der Waals surface area (Å²) in [5.41, 5.74) is 4.65. The monoisotopic (exact) mass is 339 g/mol. The number of nitrogens with one attached hydrogen (secondary N) is 1.